The van der Waals surface area contributed by atoms with Crippen LogP contribution in [0.4, 0.5) is 0 Å². The van der Waals surface area contributed by atoms with E-state index in [4.69, 9.17) is 0 Å². The Balaban J connectivity index is 2.06. The van der Waals surface area contributed by atoms with Gasteiger partial charge in [-0.3, -0.25) is 9.48 Å². The highest BCUT2D eigenvalue weighted by Crippen LogP contribution is 2.20. The summed E-state index contributed by atoms with van der Waals surface area (Å²) in [6.45, 7) is 4.69. The number of aromatic nitrogens is 2. The molecule has 0 aliphatic heterocycles. The zero-order valence-electron chi connectivity index (χ0n) is 12.2. The van der Waals surface area contributed by atoms with Crippen LogP contribution in [0.1, 0.15) is 17.0 Å². The van der Waals surface area contributed by atoms with E-state index in [1.54, 1.807) is 9.58 Å². The smallest absolute Gasteiger partial charge is 0.244 e. The molecule has 0 unspecified atom stereocenters. The predicted molar refractivity (Wildman–Crippen MR) is 90.0 cm³/mol. The molecule has 1 heterocycles. The first-order valence-electron chi connectivity index (χ1n) is 6.57. The van der Waals surface area contributed by atoms with Gasteiger partial charge in [-0.05, 0) is 41.4 Å². The van der Waals surface area contributed by atoms with E-state index in [9.17, 15) is 4.79 Å². The Morgan fingerprint density at radius 2 is 1.95 bits per heavy atom. The number of carbonyl (C=O) groups is 1. The Kier molecular flexibility index (Phi) is 5.22. The summed E-state index contributed by atoms with van der Waals surface area (Å²) in [6.07, 6.45) is 0. The Labute approximate surface area is 141 Å². The quantitative estimate of drug-likeness (QED) is 0.765. The van der Waals surface area contributed by atoms with Crippen molar-refractivity contribution in [3.63, 3.8) is 0 Å². The molecule has 1 amide bonds. The topological polar surface area (TPSA) is 38.1 Å². The molecule has 0 radical (unpaired) electrons. The lowest BCUT2D eigenvalue weighted by Crippen LogP contribution is -2.30. The molecule has 0 aliphatic rings. The zero-order chi connectivity index (χ0) is 15.6. The molecule has 0 aliphatic carbocycles. The van der Waals surface area contributed by atoms with Crippen molar-refractivity contribution >= 4 is 37.8 Å². The molecule has 0 fully saturated rings. The summed E-state index contributed by atoms with van der Waals surface area (Å²) in [5.74, 6) is 0.0313. The molecule has 4 nitrogen and oxygen atoms in total. The van der Waals surface area contributed by atoms with Crippen LogP contribution < -0.4 is 0 Å². The summed E-state index contributed by atoms with van der Waals surface area (Å²) in [4.78, 5) is 14.0. The van der Waals surface area contributed by atoms with Crippen molar-refractivity contribution in [1.82, 2.24) is 14.7 Å². The first kappa shape index (κ1) is 16.2. The van der Waals surface area contributed by atoms with Crippen LogP contribution in [0, 0.1) is 13.8 Å². The molecule has 6 heteroatoms. The average molecular weight is 415 g/mol. The Morgan fingerprint density at radius 1 is 1.29 bits per heavy atom. The minimum absolute atomic E-state index is 0.0313. The van der Waals surface area contributed by atoms with Gasteiger partial charge in [0.05, 0.1) is 15.9 Å². The number of hydrogen-bond donors (Lipinski definition) is 0. The predicted octanol–water partition coefficient (Wildman–Crippen LogP) is 3.68. The minimum atomic E-state index is 0.0313. The molecule has 2 aromatic rings. The molecule has 0 atom stereocenters. The number of benzene rings is 1. The molecule has 1 aromatic carbocycles. The third kappa shape index (κ3) is 3.74. The first-order valence-corrected chi connectivity index (χ1v) is 8.15. The number of carbonyl (C=O) groups excluding carboxylic acids is 1. The van der Waals surface area contributed by atoms with Crippen LogP contribution in [-0.4, -0.2) is 27.6 Å². The van der Waals surface area contributed by atoms with Crippen molar-refractivity contribution in [3.8, 4) is 0 Å². The molecule has 0 bridgehead atoms. The third-order valence-corrected chi connectivity index (χ3v) is 5.29. The minimum Gasteiger partial charge on any atom is -0.340 e. The van der Waals surface area contributed by atoms with E-state index in [2.05, 4.69) is 37.0 Å². The number of halogens is 2. The van der Waals surface area contributed by atoms with E-state index in [1.807, 2.05) is 45.2 Å². The number of rotatable bonds is 4. The van der Waals surface area contributed by atoms with Crippen molar-refractivity contribution in [2.75, 3.05) is 7.05 Å². The van der Waals surface area contributed by atoms with E-state index in [0.717, 1.165) is 25.9 Å². The molecule has 2 rings (SSSR count). The van der Waals surface area contributed by atoms with Crippen molar-refractivity contribution in [2.45, 2.75) is 26.9 Å². The van der Waals surface area contributed by atoms with Gasteiger partial charge in [-0.25, -0.2) is 0 Å². The second kappa shape index (κ2) is 6.75. The van der Waals surface area contributed by atoms with Crippen molar-refractivity contribution in [3.05, 3.63) is 50.2 Å². The van der Waals surface area contributed by atoms with Gasteiger partial charge in [0, 0.05) is 18.1 Å². The molecule has 0 N–H and O–H groups in total. The summed E-state index contributed by atoms with van der Waals surface area (Å²) in [7, 11) is 1.81. The van der Waals surface area contributed by atoms with E-state index in [1.165, 1.54) is 0 Å². The molecule has 0 spiro atoms. The highest BCUT2D eigenvalue weighted by atomic mass is 79.9. The maximum atomic E-state index is 12.3. The lowest BCUT2D eigenvalue weighted by atomic mass is 10.2. The summed E-state index contributed by atoms with van der Waals surface area (Å²) in [6, 6.07) is 7.92. The maximum Gasteiger partial charge on any atom is 0.244 e. The molecular weight excluding hydrogens is 398 g/mol. The molecule has 112 valence electrons. The average Bonchev–Trinajstić information content (AvgIpc) is 2.68. The van der Waals surface area contributed by atoms with Crippen molar-refractivity contribution in [1.29, 1.82) is 0 Å². The number of hydrogen-bond acceptors (Lipinski definition) is 2. The molecule has 1 aromatic heterocycles. The van der Waals surface area contributed by atoms with Gasteiger partial charge in [0.1, 0.15) is 6.54 Å². The Morgan fingerprint density at radius 3 is 2.52 bits per heavy atom. The number of aryl methyl sites for hydroxylation is 1. The van der Waals surface area contributed by atoms with Crippen LogP contribution in [0.15, 0.2) is 33.2 Å². The summed E-state index contributed by atoms with van der Waals surface area (Å²) < 4.78 is 3.71. The number of likely N-dealkylation sites (N-methyl/N-ethyl adjacent to an activating group) is 1. The van der Waals surface area contributed by atoms with Crippen LogP contribution in [0.2, 0.25) is 0 Å². The van der Waals surface area contributed by atoms with E-state index in [-0.39, 0.29) is 12.5 Å². The first-order chi connectivity index (χ1) is 9.90. The number of amides is 1. The standard InChI is InChI=1S/C15H17Br2N3O/c1-10-15(17)11(2)20(18-10)9-14(21)19(3)8-12-6-4-5-7-13(12)16/h4-7H,8-9H2,1-3H3. The van der Waals surface area contributed by atoms with Gasteiger partial charge in [-0.2, -0.15) is 5.10 Å². The number of nitrogens with zero attached hydrogens (tertiary/aromatic N) is 3. The van der Waals surface area contributed by atoms with Gasteiger partial charge >= 0.3 is 0 Å². The molecule has 0 saturated carbocycles. The van der Waals surface area contributed by atoms with Crippen LogP contribution in [-0.2, 0) is 17.9 Å². The van der Waals surface area contributed by atoms with Crippen LogP contribution in [0.25, 0.3) is 0 Å². The fourth-order valence-electron chi connectivity index (χ4n) is 2.05. The van der Waals surface area contributed by atoms with Gasteiger partial charge in [0.2, 0.25) is 5.91 Å². The second-order valence-electron chi connectivity index (χ2n) is 4.98. The summed E-state index contributed by atoms with van der Waals surface area (Å²) in [5, 5.41) is 4.37. The van der Waals surface area contributed by atoms with E-state index < -0.39 is 0 Å². The maximum absolute atomic E-state index is 12.3. The van der Waals surface area contributed by atoms with Gasteiger partial charge in [0.25, 0.3) is 0 Å². The van der Waals surface area contributed by atoms with Crippen molar-refractivity contribution in [2.24, 2.45) is 0 Å². The summed E-state index contributed by atoms with van der Waals surface area (Å²) in [5.41, 5.74) is 2.95. The van der Waals surface area contributed by atoms with Gasteiger partial charge in [0.15, 0.2) is 0 Å². The lowest BCUT2D eigenvalue weighted by molar-refractivity contribution is -0.131. The Hall–Kier alpha value is -1.14. The fraction of sp³-hybridized carbons (Fsp3) is 0.333. The zero-order valence-corrected chi connectivity index (χ0v) is 15.4. The monoisotopic (exact) mass is 413 g/mol. The normalized spacial score (nSPS) is 10.7. The molecule has 21 heavy (non-hydrogen) atoms. The SMILES string of the molecule is Cc1nn(CC(=O)N(C)Cc2ccccc2Br)c(C)c1Br. The van der Waals surface area contributed by atoms with Crippen LogP contribution in [0.5, 0.6) is 0 Å². The van der Waals surface area contributed by atoms with Gasteiger partial charge in [-0.1, -0.05) is 34.1 Å². The molecule has 0 saturated heterocycles. The molecular formula is C15H17Br2N3O. The van der Waals surface area contributed by atoms with Gasteiger partial charge < -0.3 is 4.90 Å². The summed E-state index contributed by atoms with van der Waals surface area (Å²) >= 11 is 6.98. The largest absolute Gasteiger partial charge is 0.340 e. The highest BCUT2D eigenvalue weighted by Gasteiger charge is 2.15. The Bertz CT molecular complexity index is 667. The van der Waals surface area contributed by atoms with E-state index in [0.29, 0.717) is 6.54 Å². The van der Waals surface area contributed by atoms with Gasteiger partial charge in [-0.15, -0.1) is 0 Å². The van der Waals surface area contributed by atoms with E-state index >= 15 is 0 Å². The van der Waals surface area contributed by atoms with Crippen LogP contribution in [0.3, 0.4) is 0 Å². The lowest BCUT2D eigenvalue weighted by Gasteiger charge is -2.18. The third-order valence-electron chi connectivity index (χ3n) is 3.37. The second-order valence-corrected chi connectivity index (χ2v) is 6.63. The highest BCUT2D eigenvalue weighted by molar-refractivity contribution is 9.10. The van der Waals surface area contributed by atoms with Crippen LogP contribution >= 0.6 is 31.9 Å². The van der Waals surface area contributed by atoms with Crippen molar-refractivity contribution < 1.29 is 4.79 Å². The fourth-order valence-corrected chi connectivity index (χ4v) is 2.74.